The summed E-state index contributed by atoms with van der Waals surface area (Å²) in [6, 6.07) is 15.1. The lowest BCUT2D eigenvalue weighted by Crippen LogP contribution is -2.33. The van der Waals surface area contributed by atoms with Crippen LogP contribution in [0.5, 0.6) is 11.5 Å². The van der Waals surface area contributed by atoms with Crippen molar-refractivity contribution < 1.29 is 14.2 Å². The van der Waals surface area contributed by atoms with E-state index in [2.05, 4.69) is 59.5 Å². The zero-order chi connectivity index (χ0) is 23.8. The molecule has 6 rings (SSSR count). The summed E-state index contributed by atoms with van der Waals surface area (Å²) in [5, 5.41) is 1.28. The van der Waals surface area contributed by atoms with Crippen LogP contribution in [0.15, 0.2) is 65.9 Å². The van der Waals surface area contributed by atoms with Crippen LogP contribution in [0, 0.1) is 0 Å². The maximum atomic E-state index is 6.10. The van der Waals surface area contributed by atoms with E-state index in [0.29, 0.717) is 0 Å². The van der Waals surface area contributed by atoms with Gasteiger partial charge in [0.25, 0.3) is 0 Å². The number of ether oxygens (including phenoxy) is 3. The van der Waals surface area contributed by atoms with Crippen molar-refractivity contribution in [2.45, 2.75) is 25.7 Å². The van der Waals surface area contributed by atoms with Crippen LogP contribution in [-0.2, 0) is 4.74 Å². The number of hydrogen-bond acceptors (Lipinski definition) is 5. The van der Waals surface area contributed by atoms with E-state index in [1.54, 1.807) is 14.2 Å². The molecule has 3 aromatic rings. The molecule has 2 aromatic carbocycles. The molecule has 3 aliphatic rings. The molecular formula is C30H31NO3S. The standard InChI is InChI=1S/C30H31NO3S/c1-32-22-10-12-24-26(18-22)30-29(25-13-11-23(33-2)19-27(25)35-30)28(24)20-6-8-21(9-7-20)34-17-16-31-14-4-3-5-15-31/h6-11,13,18-19H,3-5,12,14-17H2,1-2H3. The van der Waals surface area contributed by atoms with E-state index >= 15 is 0 Å². The Bertz CT molecular complexity index is 1340. The number of rotatable bonds is 7. The maximum absolute atomic E-state index is 6.10. The Labute approximate surface area is 211 Å². The van der Waals surface area contributed by atoms with Crippen molar-refractivity contribution in [1.29, 1.82) is 0 Å². The van der Waals surface area contributed by atoms with Crippen LogP contribution < -0.4 is 9.47 Å². The molecule has 4 nitrogen and oxygen atoms in total. The molecule has 0 unspecified atom stereocenters. The first-order valence-electron chi connectivity index (χ1n) is 12.5. The smallest absolute Gasteiger partial charge is 0.120 e. The van der Waals surface area contributed by atoms with Crippen LogP contribution >= 0.6 is 11.3 Å². The molecule has 0 spiro atoms. The molecule has 0 N–H and O–H groups in total. The molecule has 2 heterocycles. The largest absolute Gasteiger partial charge is 0.497 e. The van der Waals surface area contributed by atoms with Gasteiger partial charge < -0.3 is 14.2 Å². The summed E-state index contributed by atoms with van der Waals surface area (Å²) in [6.45, 7) is 4.16. The molecule has 0 atom stereocenters. The zero-order valence-electron chi connectivity index (χ0n) is 20.4. The predicted molar refractivity (Wildman–Crippen MR) is 144 cm³/mol. The molecule has 0 amide bonds. The predicted octanol–water partition coefficient (Wildman–Crippen LogP) is 6.91. The van der Waals surface area contributed by atoms with Crippen molar-refractivity contribution in [1.82, 2.24) is 4.90 Å². The van der Waals surface area contributed by atoms with Gasteiger partial charge in [0.15, 0.2) is 0 Å². The van der Waals surface area contributed by atoms with Gasteiger partial charge in [-0.25, -0.2) is 0 Å². The highest BCUT2D eigenvalue weighted by Gasteiger charge is 2.32. The number of methoxy groups -OCH3 is 2. The Morgan fingerprint density at radius 2 is 1.71 bits per heavy atom. The zero-order valence-corrected chi connectivity index (χ0v) is 21.2. The highest BCUT2D eigenvalue weighted by atomic mass is 32.1. The molecular weight excluding hydrogens is 454 g/mol. The lowest BCUT2D eigenvalue weighted by Gasteiger charge is -2.26. The second-order valence-corrected chi connectivity index (χ2v) is 10.4. The maximum Gasteiger partial charge on any atom is 0.120 e. The van der Waals surface area contributed by atoms with Gasteiger partial charge >= 0.3 is 0 Å². The average Bonchev–Trinajstić information content (AvgIpc) is 3.43. The lowest BCUT2D eigenvalue weighted by molar-refractivity contribution is 0.183. The van der Waals surface area contributed by atoms with Gasteiger partial charge in [0.2, 0.25) is 0 Å². The van der Waals surface area contributed by atoms with Crippen molar-refractivity contribution in [3.63, 3.8) is 0 Å². The van der Waals surface area contributed by atoms with Crippen LogP contribution in [0.25, 0.3) is 21.2 Å². The van der Waals surface area contributed by atoms with Crippen LogP contribution in [0.4, 0.5) is 0 Å². The number of piperidine rings is 1. The van der Waals surface area contributed by atoms with Gasteiger partial charge in [-0.2, -0.15) is 0 Å². The number of nitrogens with zero attached hydrogens (tertiary/aromatic N) is 1. The fraction of sp³-hybridized carbons (Fsp3) is 0.333. The minimum Gasteiger partial charge on any atom is -0.497 e. The molecule has 0 radical (unpaired) electrons. The molecule has 0 bridgehead atoms. The van der Waals surface area contributed by atoms with Gasteiger partial charge in [0.1, 0.15) is 23.9 Å². The molecule has 1 fully saturated rings. The normalized spacial score (nSPS) is 17.7. The Kier molecular flexibility index (Phi) is 6.13. The van der Waals surface area contributed by atoms with E-state index in [9.17, 15) is 0 Å². The first-order chi connectivity index (χ1) is 17.2. The van der Waals surface area contributed by atoms with Crippen molar-refractivity contribution in [2.24, 2.45) is 0 Å². The third kappa shape index (κ3) is 4.17. The monoisotopic (exact) mass is 485 g/mol. The number of allylic oxidation sites excluding steroid dienone is 4. The van der Waals surface area contributed by atoms with Gasteiger partial charge in [-0.05, 0) is 91.5 Å². The summed E-state index contributed by atoms with van der Waals surface area (Å²) in [4.78, 5) is 3.84. The fourth-order valence-electron chi connectivity index (χ4n) is 5.49. The summed E-state index contributed by atoms with van der Waals surface area (Å²) in [5.74, 6) is 2.77. The van der Waals surface area contributed by atoms with Crippen LogP contribution in [-0.4, -0.2) is 45.4 Å². The van der Waals surface area contributed by atoms with E-state index in [1.165, 1.54) is 75.2 Å². The number of fused-ring (bicyclic) bond motifs is 5. The molecule has 180 valence electrons. The summed E-state index contributed by atoms with van der Waals surface area (Å²) >= 11 is 1.84. The molecule has 5 heteroatoms. The third-order valence-electron chi connectivity index (χ3n) is 7.32. The van der Waals surface area contributed by atoms with Gasteiger partial charge in [0, 0.05) is 32.6 Å². The molecule has 2 aliphatic carbocycles. The molecule has 0 saturated carbocycles. The number of hydrogen-bond donors (Lipinski definition) is 0. The van der Waals surface area contributed by atoms with Crippen LogP contribution in [0.1, 0.15) is 41.7 Å². The van der Waals surface area contributed by atoms with E-state index in [4.69, 9.17) is 14.2 Å². The second-order valence-electron chi connectivity index (χ2n) is 9.37. The number of likely N-dealkylation sites (tertiary alicyclic amines) is 1. The van der Waals surface area contributed by atoms with Crippen molar-refractivity contribution >= 4 is 32.6 Å². The van der Waals surface area contributed by atoms with Crippen molar-refractivity contribution in [3.05, 3.63) is 82.0 Å². The van der Waals surface area contributed by atoms with Crippen molar-refractivity contribution in [3.8, 4) is 11.5 Å². The molecule has 1 aliphatic heterocycles. The Hall–Kier alpha value is -3.02. The van der Waals surface area contributed by atoms with Gasteiger partial charge in [0.05, 0.1) is 14.2 Å². The van der Waals surface area contributed by atoms with Crippen LogP contribution in [0.3, 0.4) is 0 Å². The van der Waals surface area contributed by atoms with Gasteiger partial charge in [-0.3, -0.25) is 4.90 Å². The number of benzene rings is 2. The Morgan fingerprint density at radius 1 is 0.914 bits per heavy atom. The Morgan fingerprint density at radius 3 is 2.49 bits per heavy atom. The average molecular weight is 486 g/mol. The van der Waals surface area contributed by atoms with E-state index in [-0.39, 0.29) is 0 Å². The first-order valence-corrected chi connectivity index (χ1v) is 13.3. The van der Waals surface area contributed by atoms with E-state index < -0.39 is 0 Å². The van der Waals surface area contributed by atoms with Gasteiger partial charge in [-0.15, -0.1) is 11.3 Å². The highest BCUT2D eigenvalue weighted by Crippen LogP contribution is 2.54. The minimum absolute atomic E-state index is 0.742. The lowest BCUT2D eigenvalue weighted by atomic mass is 9.93. The SMILES string of the molecule is COC1=CCC2=C(c3ccc(OCCN4CCCCC4)cc3)c3c(sc4cc(OC)ccc34)C2=C1. The summed E-state index contributed by atoms with van der Waals surface area (Å²) in [7, 11) is 3.47. The molecule has 1 saturated heterocycles. The molecule has 35 heavy (non-hydrogen) atoms. The topological polar surface area (TPSA) is 30.9 Å². The summed E-state index contributed by atoms with van der Waals surface area (Å²) < 4.78 is 18.4. The summed E-state index contributed by atoms with van der Waals surface area (Å²) in [6.07, 6.45) is 9.24. The first kappa shape index (κ1) is 22.4. The summed E-state index contributed by atoms with van der Waals surface area (Å²) in [5.41, 5.74) is 6.56. The van der Waals surface area contributed by atoms with Gasteiger partial charge in [-0.1, -0.05) is 18.6 Å². The minimum atomic E-state index is 0.742. The second kappa shape index (κ2) is 9.56. The Balaban J connectivity index is 1.32. The fourth-order valence-corrected chi connectivity index (χ4v) is 6.77. The number of thiophene rings is 1. The molecule has 1 aromatic heterocycles. The van der Waals surface area contributed by atoms with Crippen molar-refractivity contribution in [2.75, 3.05) is 40.5 Å². The third-order valence-corrected chi connectivity index (χ3v) is 8.50. The van der Waals surface area contributed by atoms with E-state index in [0.717, 1.165) is 36.8 Å². The highest BCUT2D eigenvalue weighted by molar-refractivity contribution is 7.20. The quantitative estimate of drug-likeness (QED) is 0.364. The van der Waals surface area contributed by atoms with E-state index in [1.807, 2.05) is 11.3 Å². The van der Waals surface area contributed by atoms with Crippen LogP contribution in [0.2, 0.25) is 0 Å².